The van der Waals surface area contributed by atoms with E-state index in [1.54, 1.807) is 32.4 Å². The molecule has 0 bridgehead atoms. The van der Waals surface area contributed by atoms with E-state index in [2.05, 4.69) is 6.92 Å². The Morgan fingerprint density at radius 2 is 1.27 bits per heavy atom. The van der Waals surface area contributed by atoms with Gasteiger partial charge in [0.05, 0.1) is 0 Å². The van der Waals surface area contributed by atoms with Crippen molar-refractivity contribution >= 4 is 66.9 Å². The van der Waals surface area contributed by atoms with E-state index in [1.165, 1.54) is 16.2 Å². The van der Waals surface area contributed by atoms with E-state index in [-0.39, 0.29) is 23.7 Å². The monoisotopic (exact) mass is 594 g/mol. The molecule has 2 aliphatic heterocycles. The van der Waals surface area contributed by atoms with Crippen LogP contribution in [0.5, 0.6) is 0 Å². The molecule has 5 atom stereocenters. The van der Waals surface area contributed by atoms with E-state index in [9.17, 15) is 29.4 Å². The topological polar surface area (TPSA) is 115 Å². The Balaban J connectivity index is 1.74. The summed E-state index contributed by atoms with van der Waals surface area (Å²) >= 11 is 0. The predicted octanol–water partition coefficient (Wildman–Crippen LogP) is 5.12. The Morgan fingerprint density at radius 1 is 0.784 bits per heavy atom. The molecule has 37 heavy (non-hydrogen) atoms. The van der Waals surface area contributed by atoms with Gasteiger partial charge < -0.3 is 20.0 Å². The van der Waals surface area contributed by atoms with Gasteiger partial charge in [-0.1, -0.05) is 83.2 Å². The number of aliphatic carboxylic acids is 2. The number of amides is 2. The normalized spacial score (nSPS) is 22.1. The predicted molar refractivity (Wildman–Crippen MR) is 156 cm³/mol. The van der Waals surface area contributed by atoms with E-state index in [1.807, 2.05) is 24.6 Å². The van der Waals surface area contributed by atoms with Gasteiger partial charge in [0.25, 0.3) is 0 Å². The Kier molecular flexibility index (Phi) is 15.0. The van der Waals surface area contributed by atoms with Gasteiger partial charge in [0.1, 0.15) is 12.1 Å². The van der Waals surface area contributed by atoms with Gasteiger partial charge in [0, 0.05) is 47.4 Å². The number of unbranched alkanes of at least 4 members (excludes halogenated alkanes) is 2. The first-order valence-corrected chi connectivity index (χ1v) is 18.1. The van der Waals surface area contributed by atoms with Crippen molar-refractivity contribution in [3.05, 3.63) is 0 Å². The van der Waals surface area contributed by atoms with Crippen LogP contribution in [0.1, 0.15) is 72.1 Å². The Morgan fingerprint density at radius 3 is 1.76 bits per heavy atom. The zero-order valence-electron chi connectivity index (χ0n) is 22.1. The summed E-state index contributed by atoms with van der Waals surface area (Å²) in [7, 11) is 6.94. The van der Waals surface area contributed by atoms with Crippen molar-refractivity contribution in [2.24, 2.45) is 11.8 Å². The lowest BCUT2D eigenvalue weighted by Gasteiger charge is -2.25. The maximum atomic E-state index is 12.8. The third-order valence-electron chi connectivity index (χ3n) is 6.79. The standard InChI is InChI=1S/C25H42N2O6S4/c1-4-5-6-9-19(37-36-15-18(3)23(29)27-13-8-11-21(27)25(32)33)16-35-34-14-17(2)22(28)26-12-7-10-20(26)24(30)31/h17-21H,4-16H2,1-3H3,(H,30,31)(H,32,33)/t17-,18-,19-,20+,21+/m1/s1. The number of hydrogen-bond donors (Lipinski definition) is 2. The molecule has 212 valence electrons. The molecule has 2 fully saturated rings. The van der Waals surface area contributed by atoms with Gasteiger partial charge in [0.2, 0.25) is 11.8 Å². The molecule has 0 aromatic rings. The van der Waals surface area contributed by atoms with Crippen molar-refractivity contribution < 1.29 is 29.4 Å². The lowest BCUT2D eigenvalue weighted by Crippen LogP contribution is -2.43. The van der Waals surface area contributed by atoms with E-state index in [0.29, 0.717) is 42.7 Å². The maximum Gasteiger partial charge on any atom is 0.326 e. The molecule has 8 nitrogen and oxygen atoms in total. The van der Waals surface area contributed by atoms with E-state index < -0.39 is 24.0 Å². The first kappa shape index (κ1) is 32.5. The van der Waals surface area contributed by atoms with Crippen LogP contribution in [0.4, 0.5) is 0 Å². The smallest absolute Gasteiger partial charge is 0.326 e. The number of hydrogen-bond acceptors (Lipinski definition) is 8. The lowest BCUT2D eigenvalue weighted by atomic mass is 10.1. The molecular weight excluding hydrogens is 553 g/mol. The quantitative estimate of drug-likeness (QED) is 0.174. The van der Waals surface area contributed by atoms with E-state index in [4.69, 9.17) is 0 Å². The van der Waals surface area contributed by atoms with Gasteiger partial charge in [0.15, 0.2) is 0 Å². The maximum absolute atomic E-state index is 12.8. The molecule has 0 aromatic heterocycles. The number of rotatable bonds is 17. The number of carbonyl (C=O) groups is 4. The van der Waals surface area contributed by atoms with Crippen LogP contribution >= 0.6 is 43.2 Å². The largest absolute Gasteiger partial charge is 0.480 e. The first-order chi connectivity index (χ1) is 17.7. The highest BCUT2D eigenvalue weighted by molar-refractivity contribution is 8.78. The van der Waals surface area contributed by atoms with Crippen LogP contribution in [-0.2, 0) is 19.2 Å². The van der Waals surface area contributed by atoms with Crippen LogP contribution in [-0.4, -0.2) is 91.4 Å². The molecule has 2 heterocycles. The molecule has 0 aromatic carbocycles. The molecule has 2 amide bonds. The van der Waals surface area contributed by atoms with Gasteiger partial charge in [-0.15, -0.1) is 0 Å². The molecule has 2 N–H and O–H groups in total. The second-order valence-corrected chi connectivity index (χ2v) is 15.2. The van der Waals surface area contributed by atoms with Crippen LogP contribution in [0.15, 0.2) is 0 Å². The second-order valence-electron chi connectivity index (χ2n) is 9.93. The van der Waals surface area contributed by atoms with Gasteiger partial charge in [-0.2, -0.15) is 0 Å². The zero-order valence-corrected chi connectivity index (χ0v) is 25.4. The Hall–Kier alpha value is -0.720. The molecular formula is C25H42N2O6S4. The zero-order chi connectivity index (χ0) is 27.4. The van der Waals surface area contributed by atoms with Crippen LogP contribution in [0, 0.1) is 11.8 Å². The number of nitrogens with zero attached hydrogens (tertiary/aromatic N) is 2. The van der Waals surface area contributed by atoms with Gasteiger partial charge in [-0.3, -0.25) is 9.59 Å². The number of carboxylic acid groups (broad SMARTS) is 2. The summed E-state index contributed by atoms with van der Waals surface area (Å²) in [5.41, 5.74) is 0. The summed E-state index contributed by atoms with van der Waals surface area (Å²) in [6.07, 6.45) is 7.15. The Bertz CT molecular complexity index is 773. The first-order valence-electron chi connectivity index (χ1n) is 13.3. The number of carbonyl (C=O) groups excluding carboxylic acids is 2. The molecule has 0 unspecified atom stereocenters. The highest BCUT2D eigenvalue weighted by Gasteiger charge is 2.36. The highest BCUT2D eigenvalue weighted by Crippen LogP contribution is 2.37. The van der Waals surface area contributed by atoms with Gasteiger partial charge in [-0.05, 0) is 32.1 Å². The van der Waals surface area contributed by atoms with Gasteiger partial charge in [-0.25, -0.2) is 9.59 Å². The van der Waals surface area contributed by atoms with Crippen LogP contribution < -0.4 is 0 Å². The molecule has 0 spiro atoms. The minimum atomic E-state index is -0.914. The van der Waals surface area contributed by atoms with E-state index in [0.717, 1.165) is 37.9 Å². The summed E-state index contributed by atoms with van der Waals surface area (Å²) in [6, 6.07) is -1.36. The molecule has 0 radical (unpaired) electrons. The molecule has 12 heteroatoms. The van der Waals surface area contributed by atoms with Gasteiger partial charge >= 0.3 is 11.9 Å². The summed E-state index contributed by atoms with van der Waals surface area (Å²) < 4.78 is 0. The summed E-state index contributed by atoms with van der Waals surface area (Å²) in [5, 5.41) is 19.1. The van der Waals surface area contributed by atoms with Crippen molar-refractivity contribution in [3.63, 3.8) is 0 Å². The number of carboxylic acids is 2. The summed E-state index contributed by atoms with van der Waals surface area (Å²) in [5.74, 6) is -0.154. The molecule has 2 rings (SSSR count). The highest BCUT2D eigenvalue weighted by atomic mass is 33.1. The molecule has 2 saturated heterocycles. The summed E-state index contributed by atoms with van der Waals surface area (Å²) in [4.78, 5) is 51.4. The lowest BCUT2D eigenvalue weighted by molar-refractivity contribution is -0.149. The van der Waals surface area contributed by atoms with Crippen LogP contribution in [0.2, 0.25) is 0 Å². The fourth-order valence-electron chi connectivity index (χ4n) is 4.58. The number of likely N-dealkylation sites (tertiary alicyclic amines) is 2. The average molecular weight is 595 g/mol. The Labute approximate surface area is 237 Å². The minimum Gasteiger partial charge on any atom is -0.480 e. The third kappa shape index (κ3) is 10.4. The summed E-state index contributed by atoms with van der Waals surface area (Å²) in [6.45, 7) is 7.01. The SMILES string of the molecule is CCCCC[C@H](CSSC[C@@H](C)C(=O)N1CCC[C@H]1C(=O)O)SSC[C@@H](C)C(=O)N1CCC[C@H]1C(=O)O. The van der Waals surface area contributed by atoms with Crippen LogP contribution in [0.3, 0.4) is 0 Å². The van der Waals surface area contributed by atoms with Crippen molar-refractivity contribution in [1.82, 2.24) is 9.80 Å². The van der Waals surface area contributed by atoms with E-state index >= 15 is 0 Å². The van der Waals surface area contributed by atoms with Crippen molar-refractivity contribution in [3.8, 4) is 0 Å². The van der Waals surface area contributed by atoms with Crippen molar-refractivity contribution in [2.45, 2.75) is 89.5 Å². The second kappa shape index (κ2) is 17.1. The third-order valence-corrected chi connectivity index (χ3v) is 12.7. The van der Waals surface area contributed by atoms with Crippen LogP contribution in [0.25, 0.3) is 0 Å². The fourth-order valence-corrected chi connectivity index (χ4v) is 10.9. The minimum absolute atomic E-state index is 0.0627. The average Bonchev–Trinajstić information content (AvgIpc) is 3.55. The van der Waals surface area contributed by atoms with Crippen molar-refractivity contribution in [2.75, 3.05) is 30.3 Å². The fraction of sp³-hybridized carbons (Fsp3) is 0.840. The molecule has 0 saturated carbocycles. The molecule has 0 aliphatic carbocycles. The van der Waals surface area contributed by atoms with Crippen molar-refractivity contribution in [1.29, 1.82) is 0 Å². The molecule has 2 aliphatic rings.